The molecule has 0 heteroatoms. The largest absolute Gasteiger partial charge is 0.0885 e. The average Bonchev–Trinajstić information content (AvgIpc) is 1.94. The van der Waals surface area contributed by atoms with Crippen molar-refractivity contribution in [2.45, 2.75) is 67.2 Å². The van der Waals surface area contributed by atoms with Crippen LogP contribution in [0.4, 0.5) is 0 Å². The Bertz CT molecular complexity index is 114. The van der Waals surface area contributed by atoms with E-state index in [-0.39, 0.29) is 7.43 Å². The minimum absolute atomic E-state index is 0. The van der Waals surface area contributed by atoms with E-state index in [9.17, 15) is 0 Å². The van der Waals surface area contributed by atoms with Gasteiger partial charge in [0.2, 0.25) is 0 Å². The van der Waals surface area contributed by atoms with Crippen molar-refractivity contribution in [2.75, 3.05) is 0 Å². The van der Waals surface area contributed by atoms with Crippen LogP contribution in [-0.2, 0) is 0 Å². The highest BCUT2D eigenvalue weighted by Crippen LogP contribution is 2.18. The Morgan fingerprint density at radius 3 is 2.08 bits per heavy atom. The van der Waals surface area contributed by atoms with Gasteiger partial charge >= 0.3 is 0 Å². The van der Waals surface area contributed by atoms with Crippen molar-refractivity contribution in [3.8, 4) is 0 Å². The van der Waals surface area contributed by atoms with Crippen LogP contribution in [0.3, 0.4) is 0 Å². The van der Waals surface area contributed by atoms with Crippen LogP contribution in [0.15, 0.2) is 12.2 Å². The minimum atomic E-state index is 0. The molecule has 0 aromatic carbocycles. The third-order valence-corrected chi connectivity index (χ3v) is 1.87. The molecule has 0 nitrogen and oxygen atoms in total. The molecule has 0 aliphatic rings. The molecule has 0 bridgehead atoms. The summed E-state index contributed by atoms with van der Waals surface area (Å²) in [5, 5.41) is 0. The van der Waals surface area contributed by atoms with Gasteiger partial charge in [0.1, 0.15) is 0 Å². The van der Waals surface area contributed by atoms with Crippen LogP contribution in [0.25, 0.3) is 0 Å². The molecule has 80 valence electrons. The SMILES string of the molecule is C.CCCCC/C=C/CC(C)(C)C. The van der Waals surface area contributed by atoms with Crippen molar-refractivity contribution in [3.63, 3.8) is 0 Å². The Kier molecular flexibility index (Phi) is 9.77. The molecule has 0 N–H and O–H groups in total. The first kappa shape index (κ1) is 15.2. The summed E-state index contributed by atoms with van der Waals surface area (Å²) in [5.41, 5.74) is 0.460. The minimum Gasteiger partial charge on any atom is -0.0885 e. The van der Waals surface area contributed by atoms with Crippen molar-refractivity contribution in [1.29, 1.82) is 0 Å². The topological polar surface area (TPSA) is 0 Å². The molecule has 0 fully saturated rings. The second-order valence-corrected chi connectivity index (χ2v) is 4.73. The van der Waals surface area contributed by atoms with Gasteiger partial charge < -0.3 is 0 Å². The maximum atomic E-state index is 2.33. The quantitative estimate of drug-likeness (QED) is 0.407. The van der Waals surface area contributed by atoms with Gasteiger partial charge in [-0.1, -0.05) is 60.1 Å². The second kappa shape index (κ2) is 8.34. The third kappa shape index (κ3) is 14.6. The van der Waals surface area contributed by atoms with E-state index in [1.807, 2.05) is 0 Å². The molecule has 0 amide bonds. The molecule has 0 spiro atoms. The third-order valence-electron chi connectivity index (χ3n) is 1.87. The molecule has 0 heterocycles. The van der Waals surface area contributed by atoms with Gasteiger partial charge in [0.05, 0.1) is 0 Å². The van der Waals surface area contributed by atoms with E-state index >= 15 is 0 Å². The van der Waals surface area contributed by atoms with Gasteiger partial charge in [0.15, 0.2) is 0 Å². The fourth-order valence-electron chi connectivity index (χ4n) is 1.07. The highest BCUT2D eigenvalue weighted by Gasteiger charge is 2.05. The summed E-state index contributed by atoms with van der Waals surface area (Å²) in [4.78, 5) is 0. The molecule has 13 heavy (non-hydrogen) atoms. The van der Waals surface area contributed by atoms with E-state index in [0.717, 1.165) is 0 Å². The van der Waals surface area contributed by atoms with Crippen molar-refractivity contribution >= 4 is 0 Å². The normalized spacial score (nSPS) is 11.7. The zero-order valence-corrected chi connectivity index (χ0v) is 9.19. The molecule has 0 radical (unpaired) electrons. The second-order valence-electron chi connectivity index (χ2n) is 4.73. The maximum Gasteiger partial charge on any atom is -0.0302 e. The predicted octanol–water partition coefficient (Wildman–Crippen LogP) is 5.20. The van der Waals surface area contributed by atoms with Crippen molar-refractivity contribution in [1.82, 2.24) is 0 Å². The Morgan fingerprint density at radius 2 is 1.62 bits per heavy atom. The van der Waals surface area contributed by atoms with Crippen LogP contribution in [-0.4, -0.2) is 0 Å². The molecule has 0 unspecified atom stereocenters. The number of rotatable bonds is 5. The summed E-state index contributed by atoms with van der Waals surface area (Å²) >= 11 is 0. The Hall–Kier alpha value is -0.260. The lowest BCUT2D eigenvalue weighted by Crippen LogP contribution is -2.01. The zero-order valence-electron chi connectivity index (χ0n) is 9.19. The highest BCUT2D eigenvalue weighted by atomic mass is 14.1. The van der Waals surface area contributed by atoms with Gasteiger partial charge in [-0.15, -0.1) is 0 Å². The van der Waals surface area contributed by atoms with Crippen molar-refractivity contribution in [2.24, 2.45) is 5.41 Å². The van der Waals surface area contributed by atoms with Crippen LogP contribution in [0, 0.1) is 5.41 Å². The summed E-state index contributed by atoms with van der Waals surface area (Å²) in [6.07, 6.45) is 11.2. The molecule has 0 aliphatic heterocycles. The van der Waals surface area contributed by atoms with Gasteiger partial charge in [-0.05, 0) is 24.7 Å². The first-order valence-corrected chi connectivity index (χ1v) is 5.21. The van der Waals surface area contributed by atoms with Crippen LogP contribution >= 0.6 is 0 Å². The molecule has 0 rings (SSSR count). The molecule has 0 aliphatic carbocycles. The van der Waals surface area contributed by atoms with Gasteiger partial charge in [0, 0.05) is 0 Å². The summed E-state index contributed by atoms with van der Waals surface area (Å²) < 4.78 is 0. The Balaban J connectivity index is 0. The van der Waals surface area contributed by atoms with Gasteiger partial charge in [0.25, 0.3) is 0 Å². The van der Waals surface area contributed by atoms with E-state index < -0.39 is 0 Å². The molecule has 0 aromatic heterocycles. The molecule has 0 saturated heterocycles. The average molecular weight is 184 g/mol. The number of allylic oxidation sites excluding steroid dienone is 2. The van der Waals surface area contributed by atoms with Crippen molar-refractivity contribution in [3.05, 3.63) is 12.2 Å². The van der Waals surface area contributed by atoms with Crippen LogP contribution < -0.4 is 0 Å². The fourth-order valence-corrected chi connectivity index (χ4v) is 1.07. The van der Waals surface area contributed by atoms with Gasteiger partial charge in [-0.3, -0.25) is 0 Å². The Labute approximate surface area is 85.4 Å². The molecule has 0 atom stereocenters. The van der Waals surface area contributed by atoms with E-state index in [2.05, 4.69) is 39.8 Å². The van der Waals surface area contributed by atoms with E-state index in [4.69, 9.17) is 0 Å². The Morgan fingerprint density at radius 1 is 1.00 bits per heavy atom. The number of hydrogen-bond acceptors (Lipinski definition) is 0. The monoisotopic (exact) mass is 184 g/mol. The van der Waals surface area contributed by atoms with Crippen LogP contribution in [0.2, 0.25) is 0 Å². The summed E-state index contributed by atoms with van der Waals surface area (Å²) in [7, 11) is 0. The van der Waals surface area contributed by atoms with Crippen LogP contribution in [0.5, 0.6) is 0 Å². The molecular formula is C13H28. The fraction of sp³-hybridized carbons (Fsp3) is 0.846. The smallest absolute Gasteiger partial charge is 0.0302 e. The molecule has 0 saturated carbocycles. The summed E-state index contributed by atoms with van der Waals surface area (Å²) in [6, 6.07) is 0. The number of hydrogen-bond donors (Lipinski definition) is 0. The lowest BCUT2D eigenvalue weighted by molar-refractivity contribution is 0.420. The summed E-state index contributed by atoms with van der Waals surface area (Å²) in [6.45, 7) is 9.09. The zero-order chi connectivity index (χ0) is 9.45. The van der Waals surface area contributed by atoms with Crippen LogP contribution in [0.1, 0.15) is 67.2 Å². The van der Waals surface area contributed by atoms with E-state index in [1.165, 1.54) is 32.1 Å². The predicted molar refractivity (Wildman–Crippen MR) is 64.1 cm³/mol. The molecule has 0 aromatic rings. The van der Waals surface area contributed by atoms with Gasteiger partial charge in [-0.2, -0.15) is 0 Å². The standard InChI is InChI=1S/C12H24.CH4/c1-5-6-7-8-9-10-11-12(2,3)4;/h9-10H,5-8,11H2,1-4H3;1H4/b10-9+;. The lowest BCUT2D eigenvalue weighted by atomic mass is 9.92. The summed E-state index contributed by atoms with van der Waals surface area (Å²) in [5.74, 6) is 0. The maximum absolute atomic E-state index is 2.33. The molecular weight excluding hydrogens is 156 g/mol. The van der Waals surface area contributed by atoms with E-state index in [0.29, 0.717) is 5.41 Å². The first-order chi connectivity index (χ1) is 5.56. The van der Waals surface area contributed by atoms with E-state index in [1.54, 1.807) is 0 Å². The highest BCUT2D eigenvalue weighted by molar-refractivity contribution is 4.85. The van der Waals surface area contributed by atoms with Crippen molar-refractivity contribution < 1.29 is 0 Å². The lowest BCUT2D eigenvalue weighted by Gasteiger charge is -2.14. The number of unbranched alkanes of at least 4 members (excludes halogenated alkanes) is 3. The van der Waals surface area contributed by atoms with Gasteiger partial charge in [-0.25, -0.2) is 0 Å². The first-order valence-electron chi connectivity index (χ1n) is 5.21.